The summed E-state index contributed by atoms with van der Waals surface area (Å²) < 4.78 is 25.5. The van der Waals surface area contributed by atoms with E-state index >= 15 is 0 Å². The zero-order chi connectivity index (χ0) is 19.2. The molecule has 2 rings (SSSR count). The Balaban J connectivity index is 2.28. The summed E-state index contributed by atoms with van der Waals surface area (Å²) in [6.45, 7) is 2.34. The maximum Gasteiger partial charge on any atom is 0.243 e. The van der Waals surface area contributed by atoms with Crippen LogP contribution in [0.2, 0.25) is 0 Å². The van der Waals surface area contributed by atoms with Gasteiger partial charge in [-0.05, 0) is 24.6 Å². The lowest BCUT2D eigenvalue weighted by Crippen LogP contribution is -2.42. The number of likely N-dealkylation sites (N-methyl/N-ethyl adjacent to an activating group) is 1. The highest BCUT2D eigenvalue weighted by atomic mass is 32.2. The number of rotatable bonds is 7. The van der Waals surface area contributed by atoms with Crippen molar-refractivity contribution in [2.75, 3.05) is 23.7 Å². The van der Waals surface area contributed by atoms with E-state index in [1.54, 1.807) is 17.0 Å². The molecule has 0 aromatic heterocycles. The Hall–Kier alpha value is -2.85. The quantitative estimate of drug-likeness (QED) is 0.748. The molecule has 0 aliphatic heterocycles. The molecule has 0 saturated carbocycles. The molecule has 0 bridgehead atoms. The van der Waals surface area contributed by atoms with Crippen molar-refractivity contribution in [3.63, 3.8) is 0 Å². The van der Waals surface area contributed by atoms with Gasteiger partial charge in [0, 0.05) is 13.1 Å². The smallest absolute Gasteiger partial charge is 0.243 e. The molecule has 0 saturated heterocycles. The van der Waals surface area contributed by atoms with Crippen LogP contribution in [0.3, 0.4) is 0 Å². The van der Waals surface area contributed by atoms with Gasteiger partial charge in [0.15, 0.2) is 0 Å². The van der Waals surface area contributed by atoms with Gasteiger partial charge in [-0.1, -0.05) is 42.5 Å². The number of sulfonamides is 1. The number of hydrogen-bond acceptors (Lipinski definition) is 4. The third kappa shape index (κ3) is 4.83. The number of carbonyl (C=O) groups excluding carboxylic acids is 1. The molecule has 0 unspecified atom stereocenters. The Morgan fingerprint density at radius 3 is 2.27 bits per heavy atom. The van der Waals surface area contributed by atoms with Gasteiger partial charge in [0.1, 0.15) is 12.6 Å². The highest BCUT2D eigenvalue weighted by Crippen LogP contribution is 2.22. The van der Waals surface area contributed by atoms with Gasteiger partial charge < -0.3 is 4.90 Å². The van der Waals surface area contributed by atoms with E-state index in [1.807, 2.05) is 43.3 Å². The van der Waals surface area contributed by atoms with Crippen LogP contribution in [-0.4, -0.2) is 38.6 Å². The number of nitriles is 1. The van der Waals surface area contributed by atoms with E-state index in [0.29, 0.717) is 13.1 Å². The van der Waals surface area contributed by atoms with Crippen LogP contribution in [0.1, 0.15) is 18.1 Å². The second kappa shape index (κ2) is 8.50. The van der Waals surface area contributed by atoms with Gasteiger partial charge in [-0.25, -0.2) is 8.42 Å². The number of para-hydroxylation sites is 1. The number of benzene rings is 2. The standard InChI is InChI=1S/C19H21N3O3S/c1-3-21(14-16-9-5-4-6-10-16)19(23)15-22(26(2,24)25)18-12-8-7-11-17(18)13-20/h4-12H,3,14-15H2,1-2H3. The highest BCUT2D eigenvalue weighted by molar-refractivity contribution is 7.92. The van der Waals surface area contributed by atoms with Crippen LogP contribution in [0.5, 0.6) is 0 Å². The number of hydrogen-bond donors (Lipinski definition) is 0. The van der Waals surface area contributed by atoms with Crippen LogP contribution < -0.4 is 4.31 Å². The van der Waals surface area contributed by atoms with Crippen LogP contribution in [0.4, 0.5) is 5.69 Å². The third-order valence-corrected chi connectivity index (χ3v) is 5.05. The Kier molecular flexibility index (Phi) is 6.36. The second-order valence-corrected chi connectivity index (χ2v) is 7.70. The van der Waals surface area contributed by atoms with E-state index in [0.717, 1.165) is 16.1 Å². The Morgan fingerprint density at radius 2 is 1.69 bits per heavy atom. The van der Waals surface area contributed by atoms with E-state index in [2.05, 4.69) is 0 Å². The first-order chi connectivity index (χ1) is 12.4. The van der Waals surface area contributed by atoms with Gasteiger partial charge in [0.25, 0.3) is 0 Å². The number of anilines is 1. The molecule has 0 atom stereocenters. The predicted molar refractivity (Wildman–Crippen MR) is 101 cm³/mol. The summed E-state index contributed by atoms with van der Waals surface area (Å²) in [6, 6.07) is 17.8. The van der Waals surface area contributed by atoms with Crippen LogP contribution in [0, 0.1) is 11.3 Å². The van der Waals surface area contributed by atoms with Gasteiger partial charge in [-0.2, -0.15) is 5.26 Å². The molecular formula is C19H21N3O3S. The summed E-state index contributed by atoms with van der Waals surface area (Å²) in [5.41, 5.74) is 1.38. The zero-order valence-corrected chi connectivity index (χ0v) is 15.6. The van der Waals surface area contributed by atoms with Crippen molar-refractivity contribution in [1.82, 2.24) is 4.90 Å². The molecule has 7 heteroatoms. The van der Waals surface area contributed by atoms with Gasteiger partial charge in [-0.3, -0.25) is 9.10 Å². The Labute approximate surface area is 154 Å². The minimum absolute atomic E-state index is 0.205. The van der Waals surface area contributed by atoms with E-state index in [9.17, 15) is 18.5 Å². The SMILES string of the molecule is CCN(Cc1ccccc1)C(=O)CN(c1ccccc1C#N)S(C)(=O)=O. The minimum atomic E-state index is -3.73. The maximum absolute atomic E-state index is 12.7. The monoisotopic (exact) mass is 371 g/mol. The lowest BCUT2D eigenvalue weighted by atomic mass is 10.2. The number of carbonyl (C=O) groups is 1. The fourth-order valence-corrected chi connectivity index (χ4v) is 3.43. The molecule has 2 aromatic carbocycles. The van der Waals surface area contributed by atoms with Crippen molar-refractivity contribution in [2.45, 2.75) is 13.5 Å². The van der Waals surface area contributed by atoms with Gasteiger partial charge in [-0.15, -0.1) is 0 Å². The Bertz CT molecular complexity index is 905. The second-order valence-electron chi connectivity index (χ2n) is 5.79. The van der Waals surface area contributed by atoms with Gasteiger partial charge >= 0.3 is 0 Å². The molecular weight excluding hydrogens is 350 g/mol. The average molecular weight is 371 g/mol. The molecule has 26 heavy (non-hydrogen) atoms. The summed E-state index contributed by atoms with van der Waals surface area (Å²) in [7, 11) is -3.73. The fourth-order valence-electron chi connectivity index (χ4n) is 2.57. The van der Waals surface area contributed by atoms with Crippen molar-refractivity contribution >= 4 is 21.6 Å². The highest BCUT2D eigenvalue weighted by Gasteiger charge is 2.25. The van der Waals surface area contributed by atoms with Crippen molar-refractivity contribution in [2.24, 2.45) is 0 Å². The molecule has 6 nitrogen and oxygen atoms in total. The van der Waals surface area contributed by atoms with E-state index in [4.69, 9.17) is 0 Å². The van der Waals surface area contributed by atoms with Crippen molar-refractivity contribution < 1.29 is 13.2 Å². The largest absolute Gasteiger partial charge is 0.337 e. The molecule has 136 valence electrons. The molecule has 0 heterocycles. The summed E-state index contributed by atoms with van der Waals surface area (Å²) in [4.78, 5) is 14.3. The number of amides is 1. The van der Waals surface area contributed by atoms with Gasteiger partial charge in [0.2, 0.25) is 15.9 Å². The first kappa shape index (κ1) is 19.5. The van der Waals surface area contributed by atoms with Crippen molar-refractivity contribution in [3.8, 4) is 6.07 Å². The fraction of sp³-hybridized carbons (Fsp3) is 0.263. The first-order valence-corrected chi connectivity index (χ1v) is 10.00. The first-order valence-electron chi connectivity index (χ1n) is 8.15. The van der Waals surface area contributed by atoms with E-state index in [1.165, 1.54) is 12.1 Å². The molecule has 0 aliphatic rings. The molecule has 0 fully saturated rings. The van der Waals surface area contributed by atoms with Crippen LogP contribution in [-0.2, 0) is 21.4 Å². The maximum atomic E-state index is 12.7. The lowest BCUT2D eigenvalue weighted by Gasteiger charge is -2.27. The summed E-state index contributed by atoms with van der Waals surface area (Å²) in [5.74, 6) is -0.325. The van der Waals surface area contributed by atoms with Crippen LogP contribution in [0.25, 0.3) is 0 Å². The molecule has 0 radical (unpaired) electrons. The molecule has 2 aromatic rings. The Morgan fingerprint density at radius 1 is 1.08 bits per heavy atom. The van der Waals surface area contributed by atoms with Crippen LogP contribution in [0.15, 0.2) is 54.6 Å². The van der Waals surface area contributed by atoms with Crippen molar-refractivity contribution in [1.29, 1.82) is 5.26 Å². The summed E-state index contributed by atoms with van der Waals surface area (Å²) in [6.07, 6.45) is 1.03. The molecule has 1 amide bonds. The topological polar surface area (TPSA) is 81.5 Å². The van der Waals surface area contributed by atoms with Crippen molar-refractivity contribution in [3.05, 3.63) is 65.7 Å². The zero-order valence-electron chi connectivity index (χ0n) is 14.8. The minimum Gasteiger partial charge on any atom is -0.337 e. The van der Waals surface area contributed by atoms with E-state index < -0.39 is 10.0 Å². The third-order valence-electron chi connectivity index (χ3n) is 3.92. The average Bonchev–Trinajstić information content (AvgIpc) is 2.63. The molecule has 0 spiro atoms. The van der Waals surface area contributed by atoms with E-state index in [-0.39, 0.29) is 23.7 Å². The summed E-state index contributed by atoms with van der Waals surface area (Å²) >= 11 is 0. The lowest BCUT2D eigenvalue weighted by molar-refractivity contribution is -0.129. The predicted octanol–water partition coefficient (Wildman–Crippen LogP) is 2.37. The molecule has 0 N–H and O–H groups in total. The normalized spacial score (nSPS) is 10.8. The van der Waals surface area contributed by atoms with Gasteiger partial charge in [0.05, 0.1) is 17.5 Å². The van der Waals surface area contributed by atoms with Crippen LogP contribution >= 0.6 is 0 Å². The number of nitrogens with zero attached hydrogens (tertiary/aromatic N) is 3. The summed E-state index contributed by atoms with van der Waals surface area (Å²) in [5, 5.41) is 9.25. The molecule has 0 aliphatic carbocycles.